The molecule has 0 bridgehead atoms. The molecule has 0 fully saturated rings. The zero-order valence-electron chi connectivity index (χ0n) is 6.15. The smallest absolute Gasteiger partial charge is 0.0230 e. The van der Waals surface area contributed by atoms with Gasteiger partial charge in [-0.3, -0.25) is 11.3 Å². The molecule has 0 rings (SSSR count). The molecule has 0 heterocycles. The highest BCUT2D eigenvalue weighted by Gasteiger charge is 2.17. The van der Waals surface area contributed by atoms with Gasteiger partial charge in [0.05, 0.1) is 0 Å². The van der Waals surface area contributed by atoms with E-state index in [4.69, 9.17) is 5.84 Å². The Morgan fingerprint density at radius 3 is 1.75 bits per heavy atom. The van der Waals surface area contributed by atoms with Crippen LogP contribution in [0.4, 0.5) is 0 Å². The molecule has 0 aliphatic rings. The van der Waals surface area contributed by atoms with Crippen molar-refractivity contribution in [2.45, 2.75) is 33.7 Å². The molecule has 0 saturated carbocycles. The van der Waals surface area contributed by atoms with Crippen molar-refractivity contribution in [3.63, 3.8) is 0 Å². The Hall–Kier alpha value is -0.0800. The van der Waals surface area contributed by atoms with Gasteiger partial charge in [-0.25, -0.2) is 0 Å². The van der Waals surface area contributed by atoms with Crippen LogP contribution in [0.1, 0.15) is 27.7 Å². The summed E-state index contributed by atoms with van der Waals surface area (Å²) < 4.78 is 0. The molecular formula is C6H16N2. The highest BCUT2D eigenvalue weighted by atomic mass is 15.2. The molecule has 0 unspecified atom stereocenters. The predicted octanol–water partition coefficient (Wildman–Crippen LogP) is 0.884. The monoisotopic (exact) mass is 116 g/mol. The number of hydrazine groups is 1. The molecule has 1 atom stereocenters. The van der Waals surface area contributed by atoms with Crippen molar-refractivity contribution in [1.29, 1.82) is 0 Å². The van der Waals surface area contributed by atoms with E-state index in [1.165, 1.54) is 0 Å². The van der Waals surface area contributed by atoms with Gasteiger partial charge in [0, 0.05) is 6.04 Å². The summed E-state index contributed by atoms with van der Waals surface area (Å²) in [4.78, 5) is 0. The summed E-state index contributed by atoms with van der Waals surface area (Å²) in [5, 5.41) is 0. The summed E-state index contributed by atoms with van der Waals surface area (Å²) in [5.41, 5.74) is 2.98. The van der Waals surface area contributed by atoms with E-state index in [0.29, 0.717) is 6.04 Å². The molecule has 0 spiro atoms. The van der Waals surface area contributed by atoms with Crippen molar-refractivity contribution in [2.75, 3.05) is 0 Å². The summed E-state index contributed by atoms with van der Waals surface area (Å²) in [6, 6.07) is 0.377. The maximum absolute atomic E-state index is 5.21. The fourth-order valence-corrected chi connectivity index (χ4v) is 0.250. The minimum absolute atomic E-state index is 0.273. The zero-order chi connectivity index (χ0) is 6.78. The van der Waals surface area contributed by atoms with Crippen LogP contribution < -0.4 is 11.3 Å². The molecule has 2 heteroatoms. The van der Waals surface area contributed by atoms with Crippen LogP contribution >= 0.6 is 0 Å². The molecule has 3 N–H and O–H groups in total. The molecule has 0 aliphatic heterocycles. The number of hydrogen-bond donors (Lipinski definition) is 2. The molecule has 0 saturated heterocycles. The Kier molecular flexibility index (Phi) is 2.44. The fraction of sp³-hybridized carbons (Fsp3) is 1.00. The Morgan fingerprint density at radius 2 is 1.75 bits per heavy atom. The van der Waals surface area contributed by atoms with Crippen LogP contribution in [0.2, 0.25) is 0 Å². The fourth-order valence-electron chi connectivity index (χ4n) is 0.250. The van der Waals surface area contributed by atoms with Gasteiger partial charge in [-0.2, -0.15) is 0 Å². The Bertz CT molecular complexity index is 63.4. The first-order chi connectivity index (χ1) is 3.48. The van der Waals surface area contributed by atoms with Crippen molar-refractivity contribution in [1.82, 2.24) is 5.43 Å². The lowest BCUT2D eigenvalue weighted by atomic mass is 9.89. The highest BCUT2D eigenvalue weighted by Crippen LogP contribution is 2.17. The molecule has 8 heavy (non-hydrogen) atoms. The van der Waals surface area contributed by atoms with Crippen molar-refractivity contribution in [3.8, 4) is 0 Å². The summed E-state index contributed by atoms with van der Waals surface area (Å²) in [6.07, 6.45) is 0. The second-order valence-corrected chi connectivity index (χ2v) is 3.25. The van der Waals surface area contributed by atoms with Crippen LogP contribution in [-0.4, -0.2) is 6.04 Å². The van der Waals surface area contributed by atoms with E-state index in [2.05, 4.69) is 33.1 Å². The van der Waals surface area contributed by atoms with Crippen LogP contribution in [0, 0.1) is 5.41 Å². The topological polar surface area (TPSA) is 38.0 Å². The lowest BCUT2D eigenvalue weighted by Crippen LogP contribution is -2.41. The van der Waals surface area contributed by atoms with Gasteiger partial charge in [0.15, 0.2) is 0 Å². The van der Waals surface area contributed by atoms with Crippen LogP contribution in [-0.2, 0) is 0 Å². The van der Waals surface area contributed by atoms with Gasteiger partial charge in [-0.15, -0.1) is 0 Å². The van der Waals surface area contributed by atoms with Gasteiger partial charge in [-0.05, 0) is 12.3 Å². The van der Waals surface area contributed by atoms with Gasteiger partial charge in [0.25, 0.3) is 0 Å². The molecular weight excluding hydrogens is 100 g/mol. The number of rotatable bonds is 1. The maximum atomic E-state index is 5.21. The van der Waals surface area contributed by atoms with Crippen LogP contribution in [0.3, 0.4) is 0 Å². The molecule has 0 aromatic heterocycles. The van der Waals surface area contributed by atoms with Crippen LogP contribution in [0.25, 0.3) is 0 Å². The summed E-state index contributed by atoms with van der Waals surface area (Å²) in [6.45, 7) is 8.52. The molecule has 50 valence electrons. The third-order valence-electron chi connectivity index (χ3n) is 1.55. The predicted molar refractivity (Wildman–Crippen MR) is 36.2 cm³/mol. The van der Waals surface area contributed by atoms with Crippen molar-refractivity contribution in [2.24, 2.45) is 11.3 Å². The standard InChI is InChI=1S/C6H16N2/c1-5(8-7)6(2,3)4/h5,8H,7H2,1-4H3/t5-/m1/s1. The quantitative estimate of drug-likeness (QED) is 0.394. The Balaban J connectivity index is 3.62. The largest absolute Gasteiger partial charge is 0.271 e. The lowest BCUT2D eigenvalue weighted by Gasteiger charge is -2.25. The third-order valence-corrected chi connectivity index (χ3v) is 1.55. The SMILES string of the molecule is C[C@@H](NN)C(C)(C)C. The zero-order valence-corrected chi connectivity index (χ0v) is 6.15. The number of hydrogen-bond acceptors (Lipinski definition) is 2. The molecule has 0 radical (unpaired) electrons. The van der Waals surface area contributed by atoms with Crippen molar-refractivity contribution >= 4 is 0 Å². The molecule has 2 nitrogen and oxygen atoms in total. The van der Waals surface area contributed by atoms with E-state index >= 15 is 0 Å². The van der Waals surface area contributed by atoms with E-state index in [1.807, 2.05) is 0 Å². The number of nitrogens with two attached hydrogens (primary N) is 1. The molecule has 0 aliphatic carbocycles. The Labute approximate surface area is 51.4 Å². The number of nitrogens with one attached hydrogen (secondary N) is 1. The summed E-state index contributed by atoms with van der Waals surface area (Å²) >= 11 is 0. The molecule has 0 amide bonds. The summed E-state index contributed by atoms with van der Waals surface area (Å²) in [5.74, 6) is 5.21. The van der Waals surface area contributed by atoms with Gasteiger partial charge in [0.2, 0.25) is 0 Å². The maximum Gasteiger partial charge on any atom is 0.0230 e. The van der Waals surface area contributed by atoms with Gasteiger partial charge in [0.1, 0.15) is 0 Å². The summed E-state index contributed by atoms with van der Waals surface area (Å²) in [7, 11) is 0. The van der Waals surface area contributed by atoms with E-state index in [-0.39, 0.29) is 5.41 Å². The van der Waals surface area contributed by atoms with Crippen molar-refractivity contribution < 1.29 is 0 Å². The van der Waals surface area contributed by atoms with E-state index in [1.54, 1.807) is 0 Å². The van der Waals surface area contributed by atoms with Gasteiger partial charge in [-0.1, -0.05) is 20.8 Å². The first-order valence-corrected chi connectivity index (χ1v) is 2.94. The van der Waals surface area contributed by atoms with Crippen LogP contribution in [0.15, 0.2) is 0 Å². The van der Waals surface area contributed by atoms with Gasteiger partial charge < -0.3 is 0 Å². The van der Waals surface area contributed by atoms with E-state index < -0.39 is 0 Å². The first kappa shape index (κ1) is 7.92. The third kappa shape index (κ3) is 2.28. The van der Waals surface area contributed by atoms with Crippen molar-refractivity contribution in [3.05, 3.63) is 0 Å². The first-order valence-electron chi connectivity index (χ1n) is 2.94. The van der Waals surface area contributed by atoms with Gasteiger partial charge >= 0.3 is 0 Å². The normalized spacial score (nSPS) is 16.1. The molecule has 0 aromatic rings. The average molecular weight is 116 g/mol. The second-order valence-electron chi connectivity index (χ2n) is 3.25. The Morgan fingerprint density at radius 1 is 1.38 bits per heavy atom. The van der Waals surface area contributed by atoms with E-state index in [0.717, 1.165) is 0 Å². The van der Waals surface area contributed by atoms with Crippen LogP contribution in [0.5, 0.6) is 0 Å². The molecule has 0 aromatic carbocycles. The minimum Gasteiger partial charge on any atom is -0.271 e. The minimum atomic E-state index is 0.273. The average Bonchev–Trinajstić information content (AvgIpc) is 1.62. The van der Waals surface area contributed by atoms with E-state index in [9.17, 15) is 0 Å². The second kappa shape index (κ2) is 2.46. The lowest BCUT2D eigenvalue weighted by molar-refractivity contribution is 0.290. The highest BCUT2D eigenvalue weighted by molar-refractivity contribution is 4.72.